The van der Waals surface area contributed by atoms with E-state index in [2.05, 4.69) is 9.97 Å². The molecule has 2 N–H and O–H groups in total. The average molecular weight is 216 g/mol. The van der Waals surface area contributed by atoms with Crippen LogP contribution in [0.2, 0.25) is 0 Å². The summed E-state index contributed by atoms with van der Waals surface area (Å²) in [7, 11) is 0. The Morgan fingerprint density at radius 2 is 2.06 bits per heavy atom. The van der Waals surface area contributed by atoms with Crippen LogP contribution in [0.1, 0.15) is 29.4 Å². The van der Waals surface area contributed by atoms with Gasteiger partial charge in [0.25, 0.3) is 0 Å². The van der Waals surface area contributed by atoms with Crippen LogP contribution in [0.15, 0.2) is 30.6 Å². The summed E-state index contributed by atoms with van der Waals surface area (Å²) in [5.41, 5.74) is 2.09. The molecule has 0 fully saturated rings. The van der Waals surface area contributed by atoms with E-state index in [0.29, 0.717) is 5.82 Å². The molecule has 0 saturated heterocycles. The molecule has 1 aromatic heterocycles. The molecule has 0 aliphatic rings. The molecule has 0 radical (unpaired) electrons. The van der Waals surface area contributed by atoms with Crippen molar-refractivity contribution >= 4 is 0 Å². The van der Waals surface area contributed by atoms with Gasteiger partial charge < -0.3 is 10.1 Å². The van der Waals surface area contributed by atoms with Gasteiger partial charge in [-0.1, -0.05) is 18.2 Å². The molecule has 0 aliphatic heterocycles. The Balaban J connectivity index is 2.56. The number of hydrogen-bond acceptors (Lipinski definition) is 2. The van der Waals surface area contributed by atoms with Crippen LogP contribution < -0.4 is 0 Å². The molecule has 0 bridgehead atoms. The maximum Gasteiger partial charge on any atom is 0.144 e. The van der Waals surface area contributed by atoms with Crippen LogP contribution in [-0.2, 0) is 5.60 Å². The minimum absolute atomic E-state index is 0.571. The largest absolute Gasteiger partial charge is 0.377 e. The van der Waals surface area contributed by atoms with Crippen LogP contribution >= 0.6 is 0 Å². The predicted molar refractivity (Wildman–Crippen MR) is 63.2 cm³/mol. The van der Waals surface area contributed by atoms with Gasteiger partial charge in [-0.3, -0.25) is 0 Å². The van der Waals surface area contributed by atoms with Gasteiger partial charge in [0, 0.05) is 12.4 Å². The fourth-order valence-electron chi connectivity index (χ4n) is 1.94. The van der Waals surface area contributed by atoms with Crippen LogP contribution in [0, 0.1) is 13.8 Å². The molecule has 0 unspecified atom stereocenters. The van der Waals surface area contributed by atoms with Crippen LogP contribution in [0.25, 0.3) is 0 Å². The minimum atomic E-state index is -1.07. The molecule has 2 aromatic rings. The van der Waals surface area contributed by atoms with Gasteiger partial charge in [0.2, 0.25) is 0 Å². The number of aliphatic hydroxyl groups is 1. The summed E-state index contributed by atoms with van der Waals surface area (Å²) in [6.07, 6.45) is 3.36. The van der Waals surface area contributed by atoms with Crippen LogP contribution in [0.4, 0.5) is 0 Å². The highest BCUT2D eigenvalue weighted by molar-refractivity contribution is 5.39. The lowest BCUT2D eigenvalue weighted by Gasteiger charge is -2.24. The topological polar surface area (TPSA) is 48.9 Å². The first-order valence-corrected chi connectivity index (χ1v) is 5.32. The maximum absolute atomic E-state index is 10.6. The van der Waals surface area contributed by atoms with Crippen molar-refractivity contribution in [1.29, 1.82) is 0 Å². The number of benzene rings is 1. The van der Waals surface area contributed by atoms with Gasteiger partial charge in [-0.05, 0) is 37.5 Å². The lowest BCUT2D eigenvalue weighted by Crippen LogP contribution is -2.25. The number of nitrogens with zero attached hydrogens (tertiary/aromatic N) is 1. The Hall–Kier alpha value is -1.61. The molecule has 0 spiro atoms. The van der Waals surface area contributed by atoms with E-state index in [-0.39, 0.29) is 0 Å². The van der Waals surface area contributed by atoms with Crippen molar-refractivity contribution in [3.63, 3.8) is 0 Å². The summed E-state index contributed by atoms with van der Waals surface area (Å²) in [5, 5.41) is 10.6. The quantitative estimate of drug-likeness (QED) is 0.809. The first-order chi connectivity index (χ1) is 7.53. The zero-order chi connectivity index (χ0) is 11.8. The minimum Gasteiger partial charge on any atom is -0.377 e. The number of aryl methyl sites for hydroxylation is 1. The van der Waals surface area contributed by atoms with Gasteiger partial charge in [-0.2, -0.15) is 0 Å². The lowest BCUT2D eigenvalue weighted by molar-refractivity contribution is 0.0924. The summed E-state index contributed by atoms with van der Waals surface area (Å²) in [5.74, 6) is 0.571. The monoisotopic (exact) mass is 216 g/mol. The predicted octanol–water partition coefficient (Wildman–Crippen LogP) is 2.28. The number of rotatable bonds is 2. The highest BCUT2D eigenvalue weighted by atomic mass is 16.3. The van der Waals surface area contributed by atoms with Crippen LogP contribution in [-0.4, -0.2) is 15.1 Å². The van der Waals surface area contributed by atoms with Crippen molar-refractivity contribution in [2.75, 3.05) is 0 Å². The molecule has 3 nitrogen and oxygen atoms in total. The second kappa shape index (κ2) is 3.76. The molecule has 0 saturated carbocycles. The second-order valence-corrected chi connectivity index (χ2v) is 4.26. The summed E-state index contributed by atoms with van der Waals surface area (Å²) < 4.78 is 0. The second-order valence-electron chi connectivity index (χ2n) is 4.26. The van der Waals surface area contributed by atoms with Gasteiger partial charge in [0.05, 0.1) is 0 Å². The molecule has 0 amide bonds. The van der Waals surface area contributed by atoms with Crippen molar-refractivity contribution in [3.8, 4) is 0 Å². The number of nitrogens with one attached hydrogen (secondary N) is 1. The molecule has 16 heavy (non-hydrogen) atoms. The third-order valence-corrected chi connectivity index (χ3v) is 3.09. The van der Waals surface area contributed by atoms with E-state index in [1.54, 1.807) is 19.3 Å². The molecular weight excluding hydrogens is 200 g/mol. The maximum atomic E-state index is 10.6. The van der Waals surface area contributed by atoms with Gasteiger partial charge in [-0.25, -0.2) is 4.98 Å². The molecule has 1 aromatic carbocycles. The summed E-state index contributed by atoms with van der Waals surface area (Å²) in [6, 6.07) is 5.93. The fraction of sp³-hybridized carbons (Fsp3) is 0.308. The van der Waals surface area contributed by atoms with E-state index in [4.69, 9.17) is 0 Å². The lowest BCUT2D eigenvalue weighted by atomic mass is 9.89. The molecule has 1 atom stereocenters. The van der Waals surface area contributed by atoms with Crippen LogP contribution in [0.3, 0.4) is 0 Å². The van der Waals surface area contributed by atoms with E-state index in [9.17, 15) is 5.11 Å². The van der Waals surface area contributed by atoms with E-state index < -0.39 is 5.60 Å². The van der Waals surface area contributed by atoms with Crippen molar-refractivity contribution in [2.24, 2.45) is 0 Å². The van der Waals surface area contributed by atoms with E-state index in [1.807, 2.05) is 32.0 Å². The number of aromatic amines is 1. The molecule has 2 rings (SSSR count). The Kier molecular flexibility index (Phi) is 2.56. The molecule has 0 aliphatic carbocycles. The summed E-state index contributed by atoms with van der Waals surface area (Å²) >= 11 is 0. The SMILES string of the molecule is Cc1cccc([C@](C)(O)c2ncc[nH]2)c1C. The average Bonchev–Trinajstić information content (AvgIpc) is 2.75. The van der Waals surface area contributed by atoms with Gasteiger partial charge >= 0.3 is 0 Å². The highest BCUT2D eigenvalue weighted by Crippen LogP contribution is 2.29. The van der Waals surface area contributed by atoms with Crippen molar-refractivity contribution < 1.29 is 5.11 Å². The van der Waals surface area contributed by atoms with Crippen molar-refractivity contribution in [3.05, 3.63) is 53.1 Å². The van der Waals surface area contributed by atoms with Crippen molar-refractivity contribution in [1.82, 2.24) is 9.97 Å². The normalized spacial score (nSPS) is 14.8. The van der Waals surface area contributed by atoms with Gasteiger partial charge in [-0.15, -0.1) is 0 Å². The molecule has 3 heteroatoms. The van der Waals surface area contributed by atoms with E-state index in [0.717, 1.165) is 11.1 Å². The number of aromatic nitrogens is 2. The first kappa shape index (κ1) is 10.9. The highest BCUT2D eigenvalue weighted by Gasteiger charge is 2.29. The molecular formula is C13H16N2O. The number of imidazole rings is 1. The van der Waals surface area contributed by atoms with E-state index in [1.165, 1.54) is 5.56 Å². The van der Waals surface area contributed by atoms with Crippen molar-refractivity contribution in [2.45, 2.75) is 26.4 Å². The zero-order valence-electron chi connectivity index (χ0n) is 9.78. The van der Waals surface area contributed by atoms with Gasteiger partial charge in [0.1, 0.15) is 11.4 Å². The Morgan fingerprint density at radius 3 is 2.69 bits per heavy atom. The standard InChI is InChI=1S/C13H16N2O/c1-9-5-4-6-11(10(9)2)13(3,16)12-14-7-8-15-12/h4-8,16H,1-3H3,(H,14,15)/t13-/m0/s1. The summed E-state index contributed by atoms with van der Waals surface area (Å²) in [6.45, 7) is 5.81. The third-order valence-electron chi connectivity index (χ3n) is 3.09. The summed E-state index contributed by atoms with van der Waals surface area (Å²) in [4.78, 5) is 7.09. The van der Waals surface area contributed by atoms with E-state index >= 15 is 0 Å². The van der Waals surface area contributed by atoms with Crippen LogP contribution in [0.5, 0.6) is 0 Å². The molecule has 1 heterocycles. The Bertz CT molecular complexity index is 487. The Labute approximate surface area is 95.2 Å². The number of hydrogen-bond donors (Lipinski definition) is 2. The molecule has 84 valence electrons. The number of H-pyrrole nitrogens is 1. The van der Waals surface area contributed by atoms with Gasteiger partial charge in [0.15, 0.2) is 0 Å². The fourth-order valence-corrected chi connectivity index (χ4v) is 1.94. The third kappa shape index (κ3) is 1.63. The first-order valence-electron chi connectivity index (χ1n) is 5.32. The zero-order valence-corrected chi connectivity index (χ0v) is 9.78. The smallest absolute Gasteiger partial charge is 0.144 e. The Morgan fingerprint density at radius 1 is 1.31 bits per heavy atom.